The van der Waals surface area contributed by atoms with Crippen molar-refractivity contribution in [3.63, 3.8) is 0 Å². The van der Waals surface area contributed by atoms with Gasteiger partial charge < -0.3 is 16.0 Å². The van der Waals surface area contributed by atoms with Crippen LogP contribution >= 0.6 is 11.6 Å². The van der Waals surface area contributed by atoms with E-state index < -0.39 is 10.0 Å². The molecule has 10 heteroatoms. The van der Waals surface area contributed by atoms with E-state index in [2.05, 4.69) is 20.6 Å². The molecule has 0 atom stereocenters. The number of rotatable bonds is 6. The third-order valence-corrected chi connectivity index (χ3v) is 6.65. The zero-order valence-electron chi connectivity index (χ0n) is 16.7. The van der Waals surface area contributed by atoms with Gasteiger partial charge in [0.15, 0.2) is 5.65 Å². The van der Waals surface area contributed by atoms with Gasteiger partial charge in [-0.25, -0.2) is 12.4 Å². The van der Waals surface area contributed by atoms with Crippen LogP contribution in [-0.2, 0) is 10.0 Å². The molecule has 0 aliphatic heterocycles. The zero-order valence-corrected chi connectivity index (χ0v) is 18.3. The van der Waals surface area contributed by atoms with Gasteiger partial charge in [0.1, 0.15) is 5.82 Å². The third kappa shape index (κ3) is 3.85. The van der Waals surface area contributed by atoms with Crippen LogP contribution in [0.15, 0.2) is 59.6 Å². The topological polar surface area (TPSA) is 113 Å². The molecule has 0 saturated carbocycles. The zero-order chi connectivity index (χ0) is 22.2. The molecular weight excluding hydrogens is 436 g/mol. The van der Waals surface area contributed by atoms with Crippen molar-refractivity contribution >= 4 is 56.1 Å². The molecule has 0 fully saturated rings. The van der Waals surface area contributed by atoms with Gasteiger partial charge >= 0.3 is 0 Å². The van der Waals surface area contributed by atoms with Crippen LogP contribution in [0.2, 0.25) is 5.28 Å². The summed E-state index contributed by atoms with van der Waals surface area (Å²) in [6.07, 6.45) is 2.69. The van der Waals surface area contributed by atoms with E-state index in [1.807, 2.05) is 13.0 Å². The highest BCUT2D eigenvalue weighted by Gasteiger charge is 2.22. The average molecular weight is 455 g/mol. The molecule has 2 heterocycles. The minimum Gasteiger partial charge on any atom is -0.388 e. The average Bonchev–Trinajstić information content (AvgIpc) is 3.18. The fourth-order valence-corrected chi connectivity index (χ4v) is 4.65. The molecule has 158 valence electrons. The predicted octanol–water partition coefficient (Wildman–Crippen LogP) is 4.41. The van der Waals surface area contributed by atoms with E-state index in [0.717, 1.165) is 20.8 Å². The second kappa shape index (κ2) is 8.01. The van der Waals surface area contributed by atoms with Crippen LogP contribution in [-0.4, -0.2) is 35.6 Å². The Hall–Kier alpha value is -3.43. The fraction of sp³-hybridized carbons (Fsp3) is 0.0952. The van der Waals surface area contributed by atoms with E-state index in [0.29, 0.717) is 16.9 Å². The third-order valence-electron chi connectivity index (χ3n) is 4.80. The minimum absolute atomic E-state index is 0.0843. The summed E-state index contributed by atoms with van der Waals surface area (Å²) in [4.78, 5) is 8.56. The standard InChI is InChI=1S/C21H19ClN6O2S/c1-13-3-7-16(8-4-13)31(29,30)28-10-9-17-19(26-21(22)27-20(17)28)25-15-6-5-14(12-23)18(11-15)24-2/h3-12,23-24H,1-2H3,(H,25,26,27). The first-order valence-corrected chi connectivity index (χ1v) is 11.1. The molecule has 4 rings (SSSR count). The highest BCUT2D eigenvalue weighted by atomic mass is 35.5. The van der Waals surface area contributed by atoms with E-state index in [4.69, 9.17) is 17.0 Å². The van der Waals surface area contributed by atoms with E-state index in [-0.39, 0.29) is 15.8 Å². The lowest BCUT2D eigenvalue weighted by Crippen LogP contribution is -2.13. The summed E-state index contributed by atoms with van der Waals surface area (Å²) >= 11 is 6.13. The second-order valence-electron chi connectivity index (χ2n) is 6.83. The Morgan fingerprint density at radius 3 is 2.52 bits per heavy atom. The molecule has 0 bridgehead atoms. The van der Waals surface area contributed by atoms with Gasteiger partial charge in [-0.3, -0.25) is 0 Å². The maximum atomic E-state index is 13.2. The van der Waals surface area contributed by atoms with Crippen LogP contribution in [0, 0.1) is 12.3 Å². The van der Waals surface area contributed by atoms with E-state index in [1.165, 1.54) is 12.4 Å². The Kier molecular flexibility index (Phi) is 5.38. The number of hydrogen-bond acceptors (Lipinski definition) is 7. The van der Waals surface area contributed by atoms with Gasteiger partial charge in [0.25, 0.3) is 10.0 Å². The maximum Gasteiger partial charge on any atom is 0.269 e. The molecular formula is C21H19ClN6O2S. The van der Waals surface area contributed by atoms with Gasteiger partial charge in [-0.15, -0.1) is 0 Å². The number of hydrogen-bond donors (Lipinski definition) is 3. The van der Waals surface area contributed by atoms with Gasteiger partial charge in [-0.05, 0) is 54.9 Å². The number of nitrogens with one attached hydrogen (secondary N) is 3. The number of nitrogens with zero attached hydrogens (tertiary/aromatic N) is 3. The number of benzene rings is 2. The SMILES string of the molecule is CNc1cc(Nc2nc(Cl)nc3c2ccn3S(=O)(=O)c2ccc(C)cc2)ccc1C=N. The van der Waals surface area contributed by atoms with Gasteiger partial charge in [0, 0.05) is 36.4 Å². The summed E-state index contributed by atoms with van der Waals surface area (Å²) in [6, 6.07) is 13.6. The van der Waals surface area contributed by atoms with Crippen LogP contribution in [0.1, 0.15) is 11.1 Å². The largest absolute Gasteiger partial charge is 0.388 e. The van der Waals surface area contributed by atoms with Crippen molar-refractivity contribution in [3.05, 3.63) is 71.1 Å². The van der Waals surface area contributed by atoms with Crippen LogP contribution in [0.3, 0.4) is 0 Å². The molecule has 0 aliphatic rings. The second-order valence-corrected chi connectivity index (χ2v) is 8.98. The summed E-state index contributed by atoms with van der Waals surface area (Å²) in [7, 11) is -2.09. The van der Waals surface area contributed by atoms with Crippen molar-refractivity contribution in [1.29, 1.82) is 5.41 Å². The first-order valence-electron chi connectivity index (χ1n) is 9.29. The Bertz CT molecular complexity index is 1400. The summed E-state index contributed by atoms with van der Waals surface area (Å²) < 4.78 is 27.4. The highest BCUT2D eigenvalue weighted by molar-refractivity contribution is 7.90. The van der Waals surface area contributed by atoms with Crippen molar-refractivity contribution in [2.24, 2.45) is 0 Å². The van der Waals surface area contributed by atoms with Crippen molar-refractivity contribution in [1.82, 2.24) is 13.9 Å². The monoisotopic (exact) mass is 454 g/mol. The van der Waals surface area contributed by atoms with E-state index >= 15 is 0 Å². The van der Waals surface area contributed by atoms with Crippen molar-refractivity contribution in [2.45, 2.75) is 11.8 Å². The molecule has 0 saturated heterocycles. The Labute approximate surface area is 184 Å². The van der Waals surface area contributed by atoms with Gasteiger partial charge in [0.2, 0.25) is 5.28 Å². The lowest BCUT2D eigenvalue weighted by Gasteiger charge is -2.12. The Morgan fingerprint density at radius 1 is 1.10 bits per heavy atom. The number of aromatic nitrogens is 3. The molecule has 0 aliphatic carbocycles. The lowest BCUT2D eigenvalue weighted by atomic mass is 10.1. The first kappa shape index (κ1) is 20.8. The normalized spacial score (nSPS) is 11.5. The molecule has 8 nitrogen and oxygen atoms in total. The molecule has 0 spiro atoms. The summed E-state index contributed by atoms with van der Waals surface area (Å²) in [5.41, 5.74) is 3.32. The van der Waals surface area contributed by atoms with Crippen molar-refractivity contribution in [3.8, 4) is 0 Å². The maximum absolute atomic E-state index is 13.2. The lowest BCUT2D eigenvalue weighted by molar-refractivity contribution is 0.588. The smallest absolute Gasteiger partial charge is 0.269 e. The van der Waals surface area contributed by atoms with Gasteiger partial charge in [-0.2, -0.15) is 9.97 Å². The van der Waals surface area contributed by atoms with Crippen molar-refractivity contribution in [2.75, 3.05) is 17.7 Å². The number of anilines is 3. The number of halogens is 1. The fourth-order valence-electron chi connectivity index (χ4n) is 3.19. The molecule has 0 unspecified atom stereocenters. The Balaban J connectivity index is 1.80. The molecule has 4 aromatic rings. The van der Waals surface area contributed by atoms with E-state index in [1.54, 1.807) is 49.5 Å². The van der Waals surface area contributed by atoms with Gasteiger partial charge in [-0.1, -0.05) is 17.7 Å². The van der Waals surface area contributed by atoms with Crippen LogP contribution < -0.4 is 10.6 Å². The highest BCUT2D eigenvalue weighted by Crippen LogP contribution is 2.30. The molecule has 31 heavy (non-hydrogen) atoms. The molecule has 0 radical (unpaired) electrons. The first-order chi connectivity index (χ1) is 14.8. The quantitative estimate of drug-likeness (QED) is 0.294. The van der Waals surface area contributed by atoms with E-state index in [9.17, 15) is 8.42 Å². The van der Waals surface area contributed by atoms with Crippen LogP contribution in [0.25, 0.3) is 11.0 Å². The molecule has 2 aromatic heterocycles. The van der Waals surface area contributed by atoms with Gasteiger partial charge in [0.05, 0.1) is 10.3 Å². The number of aryl methyl sites for hydroxylation is 1. The summed E-state index contributed by atoms with van der Waals surface area (Å²) in [5, 5.41) is 14.1. The minimum atomic E-state index is -3.86. The molecule has 0 amide bonds. The summed E-state index contributed by atoms with van der Waals surface area (Å²) in [6.45, 7) is 1.89. The van der Waals surface area contributed by atoms with Crippen LogP contribution in [0.5, 0.6) is 0 Å². The van der Waals surface area contributed by atoms with Crippen molar-refractivity contribution < 1.29 is 8.42 Å². The predicted molar refractivity (Wildman–Crippen MR) is 123 cm³/mol. The van der Waals surface area contributed by atoms with Crippen LogP contribution in [0.4, 0.5) is 17.2 Å². The number of fused-ring (bicyclic) bond motifs is 1. The molecule has 3 N–H and O–H groups in total. The summed E-state index contributed by atoms with van der Waals surface area (Å²) in [5.74, 6) is 0.373. The molecule has 2 aromatic carbocycles. The Morgan fingerprint density at radius 2 is 1.84 bits per heavy atom.